The molecule has 0 radical (unpaired) electrons. The Kier molecular flexibility index (Phi) is 6.09. The Morgan fingerprint density at radius 3 is 2.71 bits per heavy atom. The second-order valence-corrected chi connectivity index (χ2v) is 8.33. The predicted octanol–water partition coefficient (Wildman–Crippen LogP) is 4.04. The molecular formula is C22H20N4O4S. The summed E-state index contributed by atoms with van der Waals surface area (Å²) in [5.74, 6) is -0.212. The number of esters is 1. The van der Waals surface area contributed by atoms with Crippen LogP contribution in [-0.4, -0.2) is 28.6 Å². The molecule has 2 heterocycles. The SMILES string of the molecule is Cc1noc(-c2ccc(C(=O)OCC(=O)Nc3sc4c(c3C#N)CCCCC4)cc2)n1. The van der Waals surface area contributed by atoms with Crippen LogP contribution in [0, 0.1) is 18.3 Å². The van der Waals surface area contributed by atoms with Crippen molar-refractivity contribution in [3.8, 4) is 17.5 Å². The number of anilines is 1. The standard InChI is InChI=1S/C22H20N4O4S/c1-13-24-20(30-26-13)14-7-9-15(10-8-14)22(28)29-12-19(27)25-21-17(11-23)16-5-3-2-4-6-18(16)31-21/h7-10H,2-6,12H2,1H3,(H,25,27). The number of ether oxygens (including phenoxy) is 1. The normalized spacial score (nSPS) is 13.0. The van der Waals surface area contributed by atoms with E-state index in [9.17, 15) is 14.9 Å². The van der Waals surface area contributed by atoms with Crippen molar-refractivity contribution in [2.75, 3.05) is 11.9 Å². The maximum Gasteiger partial charge on any atom is 0.338 e. The minimum absolute atomic E-state index is 0.299. The van der Waals surface area contributed by atoms with Gasteiger partial charge >= 0.3 is 5.97 Å². The average molecular weight is 436 g/mol. The molecule has 0 fully saturated rings. The van der Waals surface area contributed by atoms with E-state index in [1.165, 1.54) is 11.3 Å². The highest BCUT2D eigenvalue weighted by molar-refractivity contribution is 7.16. The van der Waals surface area contributed by atoms with Gasteiger partial charge in [0.1, 0.15) is 11.1 Å². The number of aromatic nitrogens is 2. The molecule has 0 saturated carbocycles. The van der Waals surface area contributed by atoms with Gasteiger partial charge in [-0.25, -0.2) is 4.79 Å². The van der Waals surface area contributed by atoms with Gasteiger partial charge in [-0.3, -0.25) is 4.79 Å². The van der Waals surface area contributed by atoms with Crippen molar-refractivity contribution in [3.05, 3.63) is 51.7 Å². The molecule has 2 aromatic heterocycles. The maximum absolute atomic E-state index is 12.3. The molecule has 9 heteroatoms. The number of hydrogen-bond donors (Lipinski definition) is 1. The number of nitrogens with one attached hydrogen (secondary N) is 1. The van der Waals surface area contributed by atoms with E-state index in [-0.39, 0.29) is 0 Å². The number of hydrogen-bond acceptors (Lipinski definition) is 8. The molecule has 1 aromatic carbocycles. The number of rotatable bonds is 5. The highest BCUT2D eigenvalue weighted by atomic mass is 32.1. The van der Waals surface area contributed by atoms with E-state index in [1.54, 1.807) is 31.2 Å². The fourth-order valence-corrected chi connectivity index (χ4v) is 4.75. The number of amides is 1. The second-order valence-electron chi connectivity index (χ2n) is 7.23. The van der Waals surface area contributed by atoms with Crippen LogP contribution >= 0.6 is 11.3 Å². The quantitative estimate of drug-likeness (QED) is 0.473. The van der Waals surface area contributed by atoms with Crippen LogP contribution in [0.1, 0.15) is 51.4 Å². The van der Waals surface area contributed by atoms with Gasteiger partial charge in [0.2, 0.25) is 0 Å². The first-order chi connectivity index (χ1) is 15.0. The number of thiophene rings is 1. The van der Waals surface area contributed by atoms with E-state index in [0.29, 0.717) is 33.4 Å². The highest BCUT2D eigenvalue weighted by Crippen LogP contribution is 2.36. The number of fused-ring (bicyclic) bond motifs is 1. The first-order valence-electron chi connectivity index (χ1n) is 9.97. The first-order valence-corrected chi connectivity index (χ1v) is 10.8. The second kappa shape index (κ2) is 9.10. The summed E-state index contributed by atoms with van der Waals surface area (Å²) in [7, 11) is 0. The van der Waals surface area contributed by atoms with Gasteiger partial charge in [-0.1, -0.05) is 11.6 Å². The molecule has 158 valence electrons. The summed E-state index contributed by atoms with van der Waals surface area (Å²) in [5.41, 5.74) is 2.56. The third kappa shape index (κ3) is 4.64. The molecule has 0 bridgehead atoms. The molecule has 1 N–H and O–H groups in total. The number of aryl methyl sites for hydroxylation is 2. The van der Waals surface area contributed by atoms with Crippen molar-refractivity contribution in [1.29, 1.82) is 5.26 Å². The van der Waals surface area contributed by atoms with E-state index >= 15 is 0 Å². The third-order valence-corrected chi connectivity index (χ3v) is 6.22. The number of benzene rings is 1. The zero-order valence-corrected chi connectivity index (χ0v) is 17.8. The average Bonchev–Trinajstić information content (AvgIpc) is 3.27. The Morgan fingerprint density at radius 2 is 2.00 bits per heavy atom. The van der Waals surface area contributed by atoms with Crippen molar-refractivity contribution in [3.63, 3.8) is 0 Å². The summed E-state index contributed by atoms with van der Waals surface area (Å²) < 4.78 is 10.2. The number of carbonyl (C=O) groups excluding carboxylic acids is 2. The molecule has 0 atom stereocenters. The van der Waals surface area contributed by atoms with Crippen LogP contribution in [0.15, 0.2) is 28.8 Å². The lowest BCUT2D eigenvalue weighted by Crippen LogP contribution is -2.20. The summed E-state index contributed by atoms with van der Waals surface area (Å²) in [4.78, 5) is 29.9. The topological polar surface area (TPSA) is 118 Å². The largest absolute Gasteiger partial charge is 0.452 e. The van der Waals surface area contributed by atoms with Crippen LogP contribution in [0.3, 0.4) is 0 Å². The van der Waals surface area contributed by atoms with Gasteiger partial charge in [0.25, 0.3) is 11.8 Å². The molecule has 8 nitrogen and oxygen atoms in total. The molecule has 0 aliphatic heterocycles. The van der Waals surface area contributed by atoms with Crippen molar-refractivity contribution >= 4 is 28.2 Å². The number of nitrogens with zero attached hydrogens (tertiary/aromatic N) is 3. The van der Waals surface area contributed by atoms with Crippen LogP contribution < -0.4 is 5.32 Å². The van der Waals surface area contributed by atoms with Gasteiger partial charge in [0, 0.05) is 10.4 Å². The van der Waals surface area contributed by atoms with Crippen molar-refractivity contribution in [1.82, 2.24) is 10.1 Å². The Morgan fingerprint density at radius 1 is 1.23 bits per heavy atom. The van der Waals surface area contributed by atoms with Crippen molar-refractivity contribution < 1.29 is 18.8 Å². The Balaban J connectivity index is 1.36. The summed E-state index contributed by atoms with van der Waals surface area (Å²) in [6.07, 6.45) is 5.08. The van der Waals surface area contributed by atoms with E-state index in [0.717, 1.165) is 42.5 Å². The lowest BCUT2D eigenvalue weighted by atomic mass is 10.1. The summed E-state index contributed by atoms with van der Waals surface area (Å²) >= 11 is 1.45. The summed E-state index contributed by atoms with van der Waals surface area (Å²) in [5, 5.41) is 16.5. The minimum Gasteiger partial charge on any atom is -0.452 e. The predicted molar refractivity (Wildman–Crippen MR) is 114 cm³/mol. The Hall–Kier alpha value is -3.51. The maximum atomic E-state index is 12.3. The lowest BCUT2D eigenvalue weighted by molar-refractivity contribution is -0.119. The van der Waals surface area contributed by atoms with Crippen LogP contribution in [0.25, 0.3) is 11.5 Å². The van der Waals surface area contributed by atoms with Crippen molar-refractivity contribution in [2.45, 2.75) is 39.0 Å². The molecule has 0 saturated heterocycles. The van der Waals surface area contributed by atoms with E-state index < -0.39 is 18.5 Å². The van der Waals surface area contributed by atoms with E-state index in [4.69, 9.17) is 9.26 Å². The fourth-order valence-electron chi connectivity index (χ4n) is 3.49. The fraction of sp³-hybridized carbons (Fsp3) is 0.318. The molecule has 0 unspecified atom stereocenters. The third-order valence-electron chi connectivity index (χ3n) is 5.02. The number of carbonyl (C=O) groups is 2. The van der Waals surface area contributed by atoms with Gasteiger partial charge < -0.3 is 14.6 Å². The summed E-state index contributed by atoms with van der Waals surface area (Å²) in [6, 6.07) is 8.69. The van der Waals surface area contributed by atoms with Crippen molar-refractivity contribution in [2.24, 2.45) is 0 Å². The van der Waals surface area contributed by atoms with Gasteiger partial charge in [0.05, 0.1) is 11.1 Å². The van der Waals surface area contributed by atoms with E-state index in [1.807, 2.05) is 0 Å². The molecule has 1 amide bonds. The Labute approximate surface area is 182 Å². The summed E-state index contributed by atoms with van der Waals surface area (Å²) in [6.45, 7) is 1.28. The molecule has 1 aliphatic rings. The zero-order valence-electron chi connectivity index (χ0n) is 16.9. The lowest BCUT2D eigenvalue weighted by Gasteiger charge is -2.06. The molecule has 31 heavy (non-hydrogen) atoms. The van der Waals surface area contributed by atoms with E-state index in [2.05, 4.69) is 21.5 Å². The number of nitriles is 1. The van der Waals surface area contributed by atoms with Crippen LogP contribution in [-0.2, 0) is 22.4 Å². The van der Waals surface area contributed by atoms with Crippen LogP contribution in [0.5, 0.6) is 0 Å². The molecule has 1 aliphatic carbocycles. The minimum atomic E-state index is -0.620. The van der Waals surface area contributed by atoms with Crippen LogP contribution in [0.4, 0.5) is 5.00 Å². The molecule has 4 rings (SSSR count). The highest BCUT2D eigenvalue weighted by Gasteiger charge is 2.21. The first kappa shape index (κ1) is 20.8. The smallest absolute Gasteiger partial charge is 0.338 e. The monoisotopic (exact) mass is 436 g/mol. The van der Waals surface area contributed by atoms with Crippen LogP contribution in [0.2, 0.25) is 0 Å². The van der Waals surface area contributed by atoms with Gasteiger partial charge in [-0.05, 0) is 62.4 Å². The van der Waals surface area contributed by atoms with Gasteiger partial charge in [0.15, 0.2) is 12.4 Å². The van der Waals surface area contributed by atoms with Gasteiger partial charge in [-0.15, -0.1) is 11.3 Å². The molecule has 0 spiro atoms. The molecular weight excluding hydrogens is 416 g/mol. The molecule has 3 aromatic rings. The Bertz CT molecular complexity index is 1160. The zero-order chi connectivity index (χ0) is 21.8. The van der Waals surface area contributed by atoms with Gasteiger partial charge in [-0.2, -0.15) is 10.2 Å².